The molecule has 0 amide bonds. The van der Waals surface area contributed by atoms with Crippen molar-refractivity contribution in [1.82, 2.24) is 9.80 Å². The molecule has 1 aromatic rings. The van der Waals surface area contributed by atoms with Gasteiger partial charge in [-0.2, -0.15) is 0 Å². The third-order valence-corrected chi connectivity index (χ3v) is 4.74. The van der Waals surface area contributed by atoms with Gasteiger partial charge in [0.1, 0.15) is 12.4 Å². The van der Waals surface area contributed by atoms with E-state index >= 15 is 0 Å². The highest BCUT2D eigenvalue weighted by Gasteiger charge is 2.28. The number of ether oxygens (including phenoxy) is 1. The van der Waals surface area contributed by atoms with Gasteiger partial charge >= 0.3 is 0 Å². The lowest BCUT2D eigenvalue weighted by Crippen LogP contribution is -2.41. The van der Waals surface area contributed by atoms with Crippen LogP contribution in [0.3, 0.4) is 0 Å². The van der Waals surface area contributed by atoms with Crippen LogP contribution >= 0.6 is 0 Å². The first-order valence-corrected chi connectivity index (χ1v) is 8.26. The number of rotatable bonds is 5. The fourth-order valence-electron chi connectivity index (χ4n) is 3.49. The zero-order chi connectivity index (χ0) is 14.5. The highest BCUT2D eigenvalue weighted by atomic mass is 16.5. The lowest BCUT2D eigenvalue weighted by atomic mass is 10.1. The van der Waals surface area contributed by atoms with Gasteiger partial charge in [-0.1, -0.05) is 18.6 Å². The van der Waals surface area contributed by atoms with Crippen molar-refractivity contribution >= 4 is 5.69 Å². The number of hydrogen-bond donors (Lipinski definition) is 1. The highest BCUT2D eigenvalue weighted by Crippen LogP contribution is 2.21. The summed E-state index contributed by atoms with van der Waals surface area (Å²) in [6.07, 6.45) is 5.49. The summed E-state index contributed by atoms with van der Waals surface area (Å²) in [6, 6.07) is 8.50. The van der Waals surface area contributed by atoms with Crippen molar-refractivity contribution in [3.05, 3.63) is 24.3 Å². The van der Waals surface area contributed by atoms with E-state index in [1.807, 2.05) is 24.3 Å². The van der Waals surface area contributed by atoms with Gasteiger partial charge in [0, 0.05) is 19.1 Å². The Bertz CT molecular complexity index is 445. The first-order chi connectivity index (χ1) is 10.3. The van der Waals surface area contributed by atoms with Crippen LogP contribution in [0.5, 0.6) is 5.75 Å². The van der Waals surface area contributed by atoms with Gasteiger partial charge in [-0.15, -0.1) is 0 Å². The van der Waals surface area contributed by atoms with Gasteiger partial charge in [0.25, 0.3) is 0 Å². The summed E-state index contributed by atoms with van der Waals surface area (Å²) >= 11 is 0. The molecule has 2 aliphatic rings. The molecule has 2 fully saturated rings. The van der Waals surface area contributed by atoms with E-state index < -0.39 is 0 Å². The molecular weight excluding hydrogens is 262 g/mol. The van der Waals surface area contributed by atoms with Crippen LogP contribution in [0.15, 0.2) is 24.3 Å². The number of nitrogens with two attached hydrogens (primary N) is 1. The minimum Gasteiger partial charge on any atom is -0.490 e. The van der Waals surface area contributed by atoms with Crippen LogP contribution < -0.4 is 10.5 Å². The number of nitrogens with zero attached hydrogens (tertiary/aromatic N) is 2. The quantitative estimate of drug-likeness (QED) is 0.844. The Morgan fingerprint density at radius 3 is 2.71 bits per heavy atom. The zero-order valence-corrected chi connectivity index (χ0v) is 12.8. The number of anilines is 1. The topological polar surface area (TPSA) is 41.7 Å². The van der Waals surface area contributed by atoms with Gasteiger partial charge in [-0.05, 0) is 51.0 Å². The minimum absolute atomic E-state index is 0.723. The van der Waals surface area contributed by atoms with E-state index in [1.165, 1.54) is 51.9 Å². The minimum atomic E-state index is 0.723. The molecule has 3 rings (SSSR count). The molecule has 2 N–H and O–H groups in total. The van der Waals surface area contributed by atoms with Gasteiger partial charge in [0.15, 0.2) is 0 Å². The monoisotopic (exact) mass is 289 g/mol. The van der Waals surface area contributed by atoms with E-state index in [0.717, 1.165) is 30.6 Å². The summed E-state index contributed by atoms with van der Waals surface area (Å²) in [4.78, 5) is 5.22. The lowest BCUT2D eigenvalue weighted by molar-refractivity contribution is 0.157. The van der Waals surface area contributed by atoms with Crippen LogP contribution in [0, 0.1) is 0 Å². The number of para-hydroxylation sites is 2. The molecule has 0 aromatic heterocycles. The molecule has 2 saturated heterocycles. The molecule has 2 aliphatic heterocycles. The molecule has 0 saturated carbocycles. The van der Waals surface area contributed by atoms with E-state index in [2.05, 4.69) is 9.80 Å². The van der Waals surface area contributed by atoms with Crippen LogP contribution in [0.1, 0.15) is 25.7 Å². The van der Waals surface area contributed by atoms with E-state index in [9.17, 15) is 0 Å². The van der Waals surface area contributed by atoms with Gasteiger partial charge in [0.2, 0.25) is 0 Å². The summed E-state index contributed by atoms with van der Waals surface area (Å²) in [5.41, 5.74) is 6.62. The second-order valence-electron chi connectivity index (χ2n) is 6.23. The fraction of sp³-hybridized carbons (Fsp3) is 0.647. The van der Waals surface area contributed by atoms with Crippen LogP contribution in [0.25, 0.3) is 0 Å². The summed E-state index contributed by atoms with van der Waals surface area (Å²) < 4.78 is 5.80. The molecular formula is C17H27N3O. The normalized spacial score (nSPS) is 24.3. The highest BCUT2D eigenvalue weighted by molar-refractivity contribution is 5.51. The summed E-state index contributed by atoms with van der Waals surface area (Å²) in [6.45, 7) is 6.73. The number of hydrogen-bond acceptors (Lipinski definition) is 4. The molecule has 0 radical (unpaired) electrons. The van der Waals surface area contributed by atoms with Crippen molar-refractivity contribution in [2.24, 2.45) is 0 Å². The lowest BCUT2D eigenvalue weighted by Gasteiger charge is -2.32. The predicted octanol–water partition coefficient (Wildman–Crippen LogP) is 2.21. The Morgan fingerprint density at radius 2 is 1.90 bits per heavy atom. The molecule has 116 valence electrons. The Kier molecular flexibility index (Phi) is 4.99. The number of benzene rings is 1. The van der Waals surface area contributed by atoms with E-state index in [1.54, 1.807) is 0 Å². The van der Waals surface area contributed by atoms with E-state index in [4.69, 9.17) is 10.5 Å². The molecule has 1 aromatic carbocycles. The molecule has 2 heterocycles. The van der Waals surface area contributed by atoms with Crippen molar-refractivity contribution < 1.29 is 4.74 Å². The molecule has 4 nitrogen and oxygen atoms in total. The maximum absolute atomic E-state index is 5.89. The van der Waals surface area contributed by atoms with Crippen molar-refractivity contribution in [2.45, 2.75) is 31.7 Å². The number of piperidine rings is 1. The molecule has 0 aliphatic carbocycles. The summed E-state index contributed by atoms with van der Waals surface area (Å²) in [5, 5.41) is 0. The van der Waals surface area contributed by atoms with E-state index in [-0.39, 0.29) is 0 Å². The fourth-order valence-corrected chi connectivity index (χ4v) is 3.49. The third kappa shape index (κ3) is 3.89. The van der Waals surface area contributed by atoms with Crippen molar-refractivity contribution in [1.29, 1.82) is 0 Å². The second-order valence-corrected chi connectivity index (χ2v) is 6.23. The van der Waals surface area contributed by atoms with Crippen LogP contribution in [0.4, 0.5) is 5.69 Å². The van der Waals surface area contributed by atoms with Crippen LogP contribution in [0.2, 0.25) is 0 Å². The average molecular weight is 289 g/mol. The largest absolute Gasteiger partial charge is 0.490 e. The molecule has 1 atom stereocenters. The molecule has 0 bridgehead atoms. The van der Waals surface area contributed by atoms with Crippen LogP contribution in [-0.2, 0) is 0 Å². The van der Waals surface area contributed by atoms with Crippen molar-refractivity contribution in [3.63, 3.8) is 0 Å². The van der Waals surface area contributed by atoms with Gasteiger partial charge in [0.05, 0.1) is 5.69 Å². The molecule has 4 heteroatoms. The second kappa shape index (κ2) is 7.14. The SMILES string of the molecule is Nc1ccccc1OCCN1CCC(N2CCCCC2)C1. The number of likely N-dealkylation sites (tertiary alicyclic amines) is 2. The first kappa shape index (κ1) is 14.7. The van der Waals surface area contributed by atoms with Crippen molar-refractivity contribution in [3.8, 4) is 5.75 Å². The summed E-state index contributed by atoms with van der Waals surface area (Å²) in [7, 11) is 0. The number of nitrogen functional groups attached to an aromatic ring is 1. The van der Waals surface area contributed by atoms with Gasteiger partial charge in [-0.25, -0.2) is 0 Å². The smallest absolute Gasteiger partial charge is 0.142 e. The van der Waals surface area contributed by atoms with Crippen LogP contribution in [-0.4, -0.2) is 55.2 Å². The molecule has 0 spiro atoms. The predicted molar refractivity (Wildman–Crippen MR) is 86.6 cm³/mol. The molecule has 21 heavy (non-hydrogen) atoms. The standard InChI is InChI=1S/C17H27N3O/c18-16-6-2-3-7-17(16)21-13-12-19-11-8-15(14-19)20-9-4-1-5-10-20/h2-3,6-7,15H,1,4-5,8-14,18H2. The maximum atomic E-state index is 5.89. The molecule has 1 unspecified atom stereocenters. The summed E-state index contributed by atoms with van der Waals surface area (Å²) in [5.74, 6) is 0.810. The third-order valence-electron chi connectivity index (χ3n) is 4.74. The average Bonchev–Trinajstić information content (AvgIpc) is 2.99. The van der Waals surface area contributed by atoms with Gasteiger partial charge in [-0.3, -0.25) is 9.80 Å². The first-order valence-electron chi connectivity index (χ1n) is 8.26. The Hall–Kier alpha value is -1.26. The maximum Gasteiger partial charge on any atom is 0.142 e. The van der Waals surface area contributed by atoms with Crippen molar-refractivity contribution in [2.75, 3.05) is 45.1 Å². The van der Waals surface area contributed by atoms with E-state index in [0.29, 0.717) is 0 Å². The Balaban J connectivity index is 1.40. The Labute approximate surface area is 127 Å². The zero-order valence-electron chi connectivity index (χ0n) is 12.8. The Morgan fingerprint density at radius 1 is 1.10 bits per heavy atom. The van der Waals surface area contributed by atoms with Gasteiger partial charge < -0.3 is 10.5 Å².